The van der Waals surface area contributed by atoms with Crippen molar-refractivity contribution in [3.8, 4) is 5.75 Å². The standard InChI is InChI=1S/C16H24BrNO2/c1-11(2)6-5-7-12(3)18-16(19)14-9-8-13(17)10-15(14)20-4/h8-12H,5-7H2,1-4H3,(H,18,19). The van der Waals surface area contributed by atoms with Crippen LogP contribution in [0.5, 0.6) is 5.75 Å². The zero-order valence-electron chi connectivity index (χ0n) is 12.7. The van der Waals surface area contributed by atoms with Gasteiger partial charge in [-0.15, -0.1) is 0 Å². The predicted octanol–water partition coefficient (Wildman–Crippen LogP) is 4.40. The summed E-state index contributed by atoms with van der Waals surface area (Å²) in [4.78, 5) is 12.2. The molecule has 0 saturated carbocycles. The highest BCUT2D eigenvalue weighted by Crippen LogP contribution is 2.23. The average Bonchev–Trinajstić information content (AvgIpc) is 2.37. The van der Waals surface area contributed by atoms with Gasteiger partial charge in [-0.25, -0.2) is 0 Å². The maximum Gasteiger partial charge on any atom is 0.255 e. The van der Waals surface area contributed by atoms with Crippen molar-refractivity contribution in [3.05, 3.63) is 28.2 Å². The maximum atomic E-state index is 12.2. The number of amides is 1. The highest BCUT2D eigenvalue weighted by Gasteiger charge is 2.14. The molecule has 0 bridgehead atoms. The molecule has 1 N–H and O–H groups in total. The average molecular weight is 342 g/mol. The number of rotatable bonds is 7. The van der Waals surface area contributed by atoms with Crippen LogP contribution in [-0.4, -0.2) is 19.1 Å². The van der Waals surface area contributed by atoms with E-state index >= 15 is 0 Å². The molecule has 20 heavy (non-hydrogen) atoms. The van der Waals surface area contributed by atoms with Crippen LogP contribution in [0.1, 0.15) is 50.4 Å². The number of ether oxygens (including phenoxy) is 1. The van der Waals surface area contributed by atoms with Crippen molar-refractivity contribution < 1.29 is 9.53 Å². The van der Waals surface area contributed by atoms with Gasteiger partial charge in [0, 0.05) is 10.5 Å². The molecular weight excluding hydrogens is 318 g/mol. The van der Waals surface area contributed by atoms with E-state index in [1.54, 1.807) is 19.2 Å². The molecule has 0 radical (unpaired) electrons. The number of carbonyl (C=O) groups is 1. The fraction of sp³-hybridized carbons (Fsp3) is 0.562. The third-order valence-corrected chi connectivity index (χ3v) is 3.70. The van der Waals surface area contributed by atoms with Gasteiger partial charge in [0.2, 0.25) is 0 Å². The van der Waals surface area contributed by atoms with Gasteiger partial charge in [0.1, 0.15) is 5.75 Å². The topological polar surface area (TPSA) is 38.3 Å². The number of benzene rings is 1. The SMILES string of the molecule is COc1cc(Br)ccc1C(=O)NC(C)CCCC(C)C. The van der Waals surface area contributed by atoms with E-state index in [0.29, 0.717) is 17.2 Å². The molecule has 0 saturated heterocycles. The van der Waals surface area contributed by atoms with Crippen molar-refractivity contribution in [2.75, 3.05) is 7.11 Å². The summed E-state index contributed by atoms with van der Waals surface area (Å²) < 4.78 is 6.15. The summed E-state index contributed by atoms with van der Waals surface area (Å²) in [5, 5.41) is 3.03. The van der Waals surface area contributed by atoms with Crippen LogP contribution < -0.4 is 10.1 Å². The Labute approximate surface area is 130 Å². The largest absolute Gasteiger partial charge is 0.496 e. The van der Waals surface area contributed by atoms with E-state index < -0.39 is 0 Å². The predicted molar refractivity (Wildman–Crippen MR) is 86.3 cm³/mol. The van der Waals surface area contributed by atoms with Crippen molar-refractivity contribution in [1.29, 1.82) is 0 Å². The zero-order chi connectivity index (χ0) is 15.1. The minimum Gasteiger partial charge on any atom is -0.496 e. The zero-order valence-corrected chi connectivity index (χ0v) is 14.3. The Hall–Kier alpha value is -1.03. The summed E-state index contributed by atoms with van der Waals surface area (Å²) in [6.07, 6.45) is 3.33. The molecule has 0 fully saturated rings. The first-order chi connectivity index (χ1) is 9.43. The molecule has 1 unspecified atom stereocenters. The van der Waals surface area contributed by atoms with Gasteiger partial charge in [-0.3, -0.25) is 4.79 Å². The van der Waals surface area contributed by atoms with E-state index in [1.165, 1.54) is 6.42 Å². The Morgan fingerprint density at radius 1 is 1.30 bits per heavy atom. The molecule has 1 aromatic rings. The normalized spacial score (nSPS) is 12.3. The fourth-order valence-electron chi connectivity index (χ4n) is 2.06. The van der Waals surface area contributed by atoms with Gasteiger partial charge in [-0.1, -0.05) is 42.6 Å². The molecule has 3 nitrogen and oxygen atoms in total. The number of hydrogen-bond acceptors (Lipinski definition) is 2. The van der Waals surface area contributed by atoms with Crippen LogP contribution in [0, 0.1) is 5.92 Å². The first-order valence-corrected chi connectivity index (χ1v) is 7.87. The van der Waals surface area contributed by atoms with Crippen molar-refractivity contribution in [2.45, 2.75) is 46.1 Å². The molecule has 1 amide bonds. The first-order valence-electron chi connectivity index (χ1n) is 7.08. The maximum absolute atomic E-state index is 12.2. The lowest BCUT2D eigenvalue weighted by Gasteiger charge is -2.16. The van der Waals surface area contributed by atoms with Crippen LogP contribution in [0.2, 0.25) is 0 Å². The van der Waals surface area contributed by atoms with Crippen LogP contribution >= 0.6 is 15.9 Å². The van der Waals surface area contributed by atoms with Gasteiger partial charge in [0.05, 0.1) is 12.7 Å². The molecule has 1 atom stereocenters. The molecule has 1 aromatic carbocycles. The summed E-state index contributed by atoms with van der Waals surface area (Å²) in [5.74, 6) is 1.22. The van der Waals surface area contributed by atoms with Crippen molar-refractivity contribution in [2.24, 2.45) is 5.92 Å². The van der Waals surface area contributed by atoms with Gasteiger partial charge in [0.15, 0.2) is 0 Å². The highest BCUT2D eigenvalue weighted by molar-refractivity contribution is 9.10. The molecule has 0 aromatic heterocycles. The Bertz CT molecular complexity index is 446. The van der Waals surface area contributed by atoms with Gasteiger partial charge >= 0.3 is 0 Å². The van der Waals surface area contributed by atoms with Crippen molar-refractivity contribution in [1.82, 2.24) is 5.32 Å². The highest BCUT2D eigenvalue weighted by atomic mass is 79.9. The second kappa shape index (κ2) is 8.30. The third kappa shape index (κ3) is 5.53. The minimum absolute atomic E-state index is 0.0774. The molecule has 0 aliphatic carbocycles. The van der Waals surface area contributed by atoms with Crippen LogP contribution in [-0.2, 0) is 0 Å². The van der Waals surface area contributed by atoms with Crippen LogP contribution in [0.3, 0.4) is 0 Å². The molecule has 1 rings (SSSR count). The quantitative estimate of drug-likeness (QED) is 0.797. The minimum atomic E-state index is -0.0774. The van der Waals surface area contributed by atoms with Gasteiger partial charge in [0.25, 0.3) is 5.91 Å². The summed E-state index contributed by atoms with van der Waals surface area (Å²) in [7, 11) is 1.57. The lowest BCUT2D eigenvalue weighted by molar-refractivity contribution is 0.0934. The number of nitrogens with one attached hydrogen (secondary N) is 1. The van der Waals surface area contributed by atoms with E-state index in [2.05, 4.69) is 35.1 Å². The van der Waals surface area contributed by atoms with E-state index in [1.807, 2.05) is 13.0 Å². The number of methoxy groups -OCH3 is 1. The Kier molecular flexibility index (Phi) is 7.06. The smallest absolute Gasteiger partial charge is 0.255 e. The first kappa shape index (κ1) is 17.0. The summed E-state index contributed by atoms with van der Waals surface area (Å²) in [6.45, 7) is 6.48. The van der Waals surface area contributed by atoms with E-state index in [9.17, 15) is 4.79 Å². The van der Waals surface area contributed by atoms with Crippen LogP contribution in [0.15, 0.2) is 22.7 Å². The van der Waals surface area contributed by atoms with Crippen LogP contribution in [0.25, 0.3) is 0 Å². The fourth-order valence-corrected chi connectivity index (χ4v) is 2.40. The van der Waals surface area contributed by atoms with E-state index in [0.717, 1.165) is 17.3 Å². The van der Waals surface area contributed by atoms with E-state index in [4.69, 9.17) is 4.74 Å². The molecule has 4 heteroatoms. The number of carbonyl (C=O) groups excluding carboxylic acids is 1. The molecule has 112 valence electrons. The second-order valence-electron chi connectivity index (χ2n) is 5.54. The third-order valence-electron chi connectivity index (χ3n) is 3.20. The van der Waals surface area contributed by atoms with Crippen molar-refractivity contribution >= 4 is 21.8 Å². The van der Waals surface area contributed by atoms with Crippen molar-refractivity contribution in [3.63, 3.8) is 0 Å². The summed E-state index contributed by atoms with van der Waals surface area (Å²) in [5.41, 5.74) is 0.575. The monoisotopic (exact) mass is 341 g/mol. The molecule has 0 aliphatic rings. The van der Waals surface area contributed by atoms with Gasteiger partial charge < -0.3 is 10.1 Å². The molecule has 0 aliphatic heterocycles. The molecular formula is C16H24BrNO2. The molecule has 0 heterocycles. The lowest BCUT2D eigenvalue weighted by atomic mass is 10.0. The summed E-state index contributed by atoms with van der Waals surface area (Å²) in [6, 6.07) is 5.60. The van der Waals surface area contributed by atoms with Crippen LogP contribution in [0.4, 0.5) is 0 Å². The Balaban J connectivity index is 2.58. The Morgan fingerprint density at radius 2 is 2.00 bits per heavy atom. The van der Waals surface area contributed by atoms with Gasteiger partial charge in [-0.05, 0) is 37.5 Å². The van der Waals surface area contributed by atoms with Gasteiger partial charge in [-0.2, -0.15) is 0 Å². The Morgan fingerprint density at radius 3 is 2.60 bits per heavy atom. The second-order valence-corrected chi connectivity index (χ2v) is 6.46. The molecule has 0 spiro atoms. The number of hydrogen-bond donors (Lipinski definition) is 1. The van der Waals surface area contributed by atoms with E-state index in [-0.39, 0.29) is 11.9 Å². The number of halogens is 1. The lowest BCUT2D eigenvalue weighted by Crippen LogP contribution is -2.32. The summed E-state index contributed by atoms with van der Waals surface area (Å²) >= 11 is 3.37.